The van der Waals surface area contributed by atoms with Crippen LogP contribution in [0.15, 0.2) is 241 Å². The van der Waals surface area contributed by atoms with Crippen LogP contribution in [0.1, 0.15) is 22.3 Å². The molecule has 1 aromatic heterocycles. The van der Waals surface area contributed by atoms with Gasteiger partial charge in [-0.15, -0.1) is 0 Å². The topological polar surface area (TPSA) is 28.4 Å². The Kier molecular flexibility index (Phi) is 8.13. The van der Waals surface area contributed by atoms with Gasteiger partial charge in [-0.05, 0) is 105 Å². The van der Waals surface area contributed by atoms with Gasteiger partial charge in [0.05, 0.1) is 11.1 Å². The number of nitrogens with one attached hydrogen (secondary N) is 1. The van der Waals surface area contributed by atoms with E-state index in [0.29, 0.717) is 0 Å². The number of hydrogen-bond acceptors (Lipinski definition) is 3. The van der Waals surface area contributed by atoms with Gasteiger partial charge in [0.1, 0.15) is 11.2 Å². The Morgan fingerprint density at radius 1 is 0.359 bits per heavy atom. The van der Waals surface area contributed by atoms with E-state index in [1.165, 1.54) is 66.8 Å². The minimum atomic E-state index is -0.631. The molecular formula is C61H40N2O. The number of anilines is 5. The molecule has 300 valence electrons. The summed E-state index contributed by atoms with van der Waals surface area (Å²) in [6.45, 7) is 0. The van der Waals surface area contributed by atoms with Gasteiger partial charge >= 0.3 is 0 Å². The molecule has 0 fully saturated rings. The molecule has 0 bridgehead atoms. The van der Waals surface area contributed by atoms with E-state index in [0.717, 1.165) is 50.4 Å². The lowest BCUT2D eigenvalue weighted by Gasteiger charge is -2.31. The van der Waals surface area contributed by atoms with E-state index in [-0.39, 0.29) is 0 Å². The molecule has 1 N–H and O–H groups in total. The van der Waals surface area contributed by atoms with Gasteiger partial charge in [0.15, 0.2) is 0 Å². The fourth-order valence-electron chi connectivity index (χ4n) is 10.8. The maximum absolute atomic E-state index is 6.87. The highest BCUT2D eigenvalue weighted by Gasteiger charge is 2.54. The molecule has 0 aliphatic heterocycles. The predicted molar refractivity (Wildman–Crippen MR) is 265 cm³/mol. The Morgan fingerprint density at radius 2 is 0.906 bits per heavy atom. The number of rotatable bonds is 7. The first-order valence-corrected chi connectivity index (χ1v) is 22.0. The number of nitrogens with zero attached hydrogens (tertiary/aromatic N) is 1. The Labute approximate surface area is 372 Å². The van der Waals surface area contributed by atoms with Crippen LogP contribution in [0.5, 0.6) is 0 Å². The lowest BCUT2D eigenvalue weighted by Crippen LogP contribution is -2.26. The molecular weight excluding hydrogens is 777 g/mol. The summed E-state index contributed by atoms with van der Waals surface area (Å²) in [6, 6.07) is 85.6. The monoisotopic (exact) mass is 816 g/mol. The number of para-hydroxylation sites is 2. The fourth-order valence-corrected chi connectivity index (χ4v) is 10.8. The summed E-state index contributed by atoms with van der Waals surface area (Å²) in [7, 11) is 0. The Morgan fingerprint density at radius 3 is 1.64 bits per heavy atom. The van der Waals surface area contributed by atoms with Crippen molar-refractivity contribution in [3.8, 4) is 44.5 Å². The average molecular weight is 817 g/mol. The minimum absolute atomic E-state index is 0.631. The molecule has 0 amide bonds. The Balaban J connectivity index is 1.08. The fraction of sp³-hybridized carbons (Fsp3) is 0.0164. The maximum Gasteiger partial charge on any atom is 0.143 e. The van der Waals surface area contributed by atoms with E-state index >= 15 is 0 Å². The second kappa shape index (κ2) is 14.3. The van der Waals surface area contributed by atoms with Crippen molar-refractivity contribution in [2.45, 2.75) is 5.41 Å². The van der Waals surface area contributed by atoms with Gasteiger partial charge in [-0.2, -0.15) is 0 Å². The van der Waals surface area contributed by atoms with E-state index < -0.39 is 5.41 Å². The second-order valence-corrected chi connectivity index (χ2v) is 16.8. The third-order valence-corrected chi connectivity index (χ3v) is 13.5. The highest BCUT2D eigenvalue weighted by molar-refractivity contribution is 6.14. The predicted octanol–water partition coefficient (Wildman–Crippen LogP) is 16.5. The first-order valence-electron chi connectivity index (χ1n) is 22.0. The Hall–Kier alpha value is -8.40. The van der Waals surface area contributed by atoms with Crippen LogP contribution >= 0.6 is 0 Å². The summed E-state index contributed by atoms with van der Waals surface area (Å²) in [5.41, 5.74) is 21.1. The Bertz CT molecular complexity index is 3560. The molecule has 3 heteroatoms. The van der Waals surface area contributed by atoms with Crippen molar-refractivity contribution < 1.29 is 4.42 Å². The molecule has 1 unspecified atom stereocenters. The lowest BCUT2D eigenvalue weighted by atomic mass is 9.70. The second-order valence-electron chi connectivity index (χ2n) is 16.8. The summed E-state index contributed by atoms with van der Waals surface area (Å²) >= 11 is 0. The van der Waals surface area contributed by atoms with Crippen molar-refractivity contribution >= 4 is 50.4 Å². The molecule has 0 saturated heterocycles. The summed E-state index contributed by atoms with van der Waals surface area (Å²) in [4.78, 5) is 2.44. The molecule has 1 spiro atoms. The number of fused-ring (bicyclic) bond motifs is 14. The molecule has 0 radical (unpaired) electrons. The molecule has 10 aromatic carbocycles. The minimum Gasteiger partial charge on any atom is -0.455 e. The molecule has 2 aliphatic carbocycles. The van der Waals surface area contributed by atoms with E-state index in [1.54, 1.807) is 0 Å². The van der Waals surface area contributed by atoms with Crippen LogP contribution in [-0.4, -0.2) is 0 Å². The summed E-state index contributed by atoms with van der Waals surface area (Å²) in [6.07, 6.45) is 0. The standard InChI is InChI=1S/C61H40N2O/c1-4-16-40(17-5-1)42-30-34-44(35-31-42)62-54-27-14-25-51-58(54)59-52(61(51)50-24-12-10-23-49(50)57-53(61)39-38-48-47-22-11-13-29-56(47)64-60(48)57)26-15-28-55(59)63(45-20-8-3-9-21-45)46-36-32-43(33-37-46)41-18-6-2-7-19-41/h1-39,62H. The number of benzene rings is 10. The van der Waals surface area contributed by atoms with Gasteiger partial charge in [-0.3, -0.25) is 0 Å². The van der Waals surface area contributed by atoms with Crippen molar-refractivity contribution in [1.82, 2.24) is 0 Å². The third kappa shape index (κ3) is 5.34. The molecule has 11 aromatic rings. The first kappa shape index (κ1) is 36.3. The van der Waals surface area contributed by atoms with Crippen LogP contribution in [0.2, 0.25) is 0 Å². The SMILES string of the molecule is c1ccc(-c2ccc(Nc3cccc4c3-c3c(N(c5ccccc5)c5ccc(-c6ccccc6)cc5)cccc3C43c4ccccc4-c4c3ccc3c4oc4ccccc43)cc2)cc1. The van der Waals surface area contributed by atoms with Crippen LogP contribution in [0.25, 0.3) is 66.4 Å². The largest absolute Gasteiger partial charge is 0.455 e. The van der Waals surface area contributed by atoms with Crippen LogP contribution in [0.4, 0.5) is 28.4 Å². The van der Waals surface area contributed by atoms with Gasteiger partial charge in [0.25, 0.3) is 0 Å². The molecule has 1 heterocycles. The first-order chi connectivity index (χ1) is 31.8. The van der Waals surface area contributed by atoms with E-state index in [2.05, 4.69) is 247 Å². The van der Waals surface area contributed by atoms with Gasteiger partial charge < -0.3 is 14.6 Å². The maximum atomic E-state index is 6.87. The van der Waals surface area contributed by atoms with E-state index in [9.17, 15) is 0 Å². The smallest absolute Gasteiger partial charge is 0.143 e. The van der Waals surface area contributed by atoms with Gasteiger partial charge in [-0.25, -0.2) is 0 Å². The molecule has 64 heavy (non-hydrogen) atoms. The molecule has 0 saturated carbocycles. The van der Waals surface area contributed by atoms with Crippen LogP contribution in [-0.2, 0) is 5.41 Å². The number of hydrogen-bond donors (Lipinski definition) is 1. The van der Waals surface area contributed by atoms with Crippen LogP contribution in [0.3, 0.4) is 0 Å². The summed E-state index contributed by atoms with van der Waals surface area (Å²) < 4.78 is 6.87. The average Bonchev–Trinajstić information content (AvgIpc) is 4.00. The summed E-state index contributed by atoms with van der Waals surface area (Å²) in [5, 5.41) is 6.23. The summed E-state index contributed by atoms with van der Waals surface area (Å²) in [5.74, 6) is 0. The molecule has 2 aliphatic rings. The van der Waals surface area contributed by atoms with Crippen molar-refractivity contribution in [1.29, 1.82) is 0 Å². The zero-order valence-electron chi connectivity index (χ0n) is 34.9. The van der Waals surface area contributed by atoms with Crippen molar-refractivity contribution in [3.05, 3.63) is 259 Å². The zero-order valence-corrected chi connectivity index (χ0v) is 34.9. The van der Waals surface area contributed by atoms with Crippen molar-refractivity contribution in [2.75, 3.05) is 10.2 Å². The highest BCUT2D eigenvalue weighted by atomic mass is 16.3. The van der Waals surface area contributed by atoms with Crippen molar-refractivity contribution in [2.24, 2.45) is 0 Å². The van der Waals surface area contributed by atoms with Crippen LogP contribution in [0, 0.1) is 0 Å². The molecule has 3 nitrogen and oxygen atoms in total. The van der Waals surface area contributed by atoms with E-state index in [4.69, 9.17) is 4.42 Å². The van der Waals surface area contributed by atoms with Gasteiger partial charge in [0, 0.05) is 50.2 Å². The van der Waals surface area contributed by atoms with Gasteiger partial charge in [-0.1, -0.05) is 182 Å². The zero-order chi connectivity index (χ0) is 42.2. The van der Waals surface area contributed by atoms with Crippen LogP contribution < -0.4 is 10.2 Å². The van der Waals surface area contributed by atoms with E-state index in [1.807, 2.05) is 0 Å². The normalized spacial score (nSPS) is 14.3. The van der Waals surface area contributed by atoms with Gasteiger partial charge in [0.2, 0.25) is 0 Å². The number of furan rings is 1. The van der Waals surface area contributed by atoms with Crippen molar-refractivity contribution in [3.63, 3.8) is 0 Å². The third-order valence-electron chi connectivity index (χ3n) is 13.5. The lowest BCUT2D eigenvalue weighted by molar-refractivity contribution is 0.669. The molecule has 1 atom stereocenters. The quantitative estimate of drug-likeness (QED) is 0.174. The molecule has 13 rings (SSSR count). The highest BCUT2D eigenvalue weighted by Crippen LogP contribution is 2.67.